The number of rotatable bonds is 8. The van der Waals surface area contributed by atoms with Gasteiger partial charge in [0.25, 0.3) is 17.4 Å². The molecular formula is C22H23N7O4. The lowest BCUT2D eigenvalue weighted by molar-refractivity contribution is 0.0748. The normalized spacial score (nSPS) is 11.0. The summed E-state index contributed by atoms with van der Waals surface area (Å²) in [6.45, 7) is 4.80. The van der Waals surface area contributed by atoms with Crippen molar-refractivity contribution < 1.29 is 14.1 Å². The highest BCUT2D eigenvalue weighted by molar-refractivity contribution is 5.95. The Morgan fingerprint density at radius 3 is 2.85 bits per heavy atom. The Kier molecular flexibility index (Phi) is 6.29. The van der Waals surface area contributed by atoms with E-state index < -0.39 is 5.91 Å². The number of amides is 2. The average Bonchev–Trinajstić information content (AvgIpc) is 3.48. The first kappa shape index (κ1) is 21.9. The summed E-state index contributed by atoms with van der Waals surface area (Å²) in [6.07, 6.45) is 3.63. The van der Waals surface area contributed by atoms with Crippen molar-refractivity contribution in [3.63, 3.8) is 0 Å². The molecule has 4 aromatic rings. The van der Waals surface area contributed by atoms with Crippen molar-refractivity contribution in [2.45, 2.75) is 20.3 Å². The Morgan fingerprint density at radius 2 is 2.09 bits per heavy atom. The molecule has 33 heavy (non-hydrogen) atoms. The van der Waals surface area contributed by atoms with Crippen molar-refractivity contribution in [3.05, 3.63) is 70.2 Å². The van der Waals surface area contributed by atoms with Crippen LogP contribution in [0.25, 0.3) is 16.9 Å². The third kappa shape index (κ3) is 4.81. The van der Waals surface area contributed by atoms with Crippen LogP contribution in [0.4, 0.5) is 0 Å². The van der Waals surface area contributed by atoms with Crippen LogP contribution in [-0.2, 0) is 0 Å². The molecule has 0 radical (unpaired) electrons. The summed E-state index contributed by atoms with van der Waals surface area (Å²) in [6, 6.07) is 8.44. The van der Waals surface area contributed by atoms with Crippen LogP contribution in [0.3, 0.4) is 0 Å². The topological polar surface area (TPSA) is 138 Å². The molecule has 4 rings (SSSR count). The molecule has 0 aliphatic rings. The quantitative estimate of drug-likeness (QED) is 0.417. The zero-order valence-electron chi connectivity index (χ0n) is 18.2. The fraction of sp³-hybridized carbons (Fsp3) is 0.273. The molecule has 0 unspecified atom stereocenters. The van der Waals surface area contributed by atoms with E-state index in [1.54, 1.807) is 42.3 Å². The Balaban J connectivity index is 1.42. The standard InChI is InChI=1S/C22H23N7O4/c1-3-8-28(22(32)16-6-4-5-15(10-16)19-24-13-33-27-19)9-7-23-20(30)17-11-18-21(31)25-14(2)12-29(18)26-17/h4-6,10-13H,3,7-9H2,1-2H3,(H,23,30)(H,25,31). The maximum Gasteiger partial charge on any atom is 0.274 e. The van der Waals surface area contributed by atoms with Gasteiger partial charge in [-0.2, -0.15) is 10.1 Å². The largest absolute Gasteiger partial charge is 0.349 e. The van der Waals surface area contributed by atoms with E-state index in [1.165, 1.54) is 17.0 Å². The van der Waals surface area contributed by atoms with Crippen LogP contribution in [0.2, 0.25) is 0 Å². The van der Waals surface area contributed by atoms with Gasteiger partial charge in [-0.15, -0.1) is 0 Å². The van der Waals surface area contributed by atoms with Gasteiger partial charge in [0.2, 0.25) is 12.2 Å². The molecule has 1 aromatic carbocycles. The number of benzene rings is 1. The molecule has 0 aliphatic heterocycles. The Hall–Kier alpha value is -4.28. The van der Waals surface area contributed by atoms with Crippen LogP contribution in [-0.4, -0.2) is 61.1 Å². The minimum atomic E-state index is -0.418. The first-order chi connectivity index (χ1) is 16.0. The average molecular weight is 449 g/mol. The SMILES string of the molecule is CCCN(CCNC(=O)c1cc2c(=O)[nH]c(C)cn2n1)C(=O)c1cccc(-c2ncon2)c1. The van der Waals surface area contributed by atoms with E-state index in [9.17, 15) is 14.4 Å². The van der Waals surface area contributed by atoms with E-state index >= 15 is 0 Å². The first-order valence-corrected chi connectivity index (χ1v) is 10.5. The number of aromatic amines is 1. The van der Waals surface area contributed by atoms with Gasteiger partial charge in [0, 0.05) is 48.7 Å². The number of carbonyl (C=O) groups excluding carboxylic acids is 2. The number of fused-ring (bicyclic) bond motifs is 1. The second kappa shape index (κ2) is 9.47. The number of nitrogens with one attached hydrogen (secondary N) is 2. The van der Waals surface area contributed by atoms with Gasteiger partial charge in [-0.3, -0.25) is 14.4 Å². The van der Waals surface area contributed by atoms with Gasteiger partial charge in [-0.05, 0) is 25.5 Å². The fourth-order valence-corrected chi connectivity index (χ4v) is 3.48. The van der Waals surface area contributed by atoms with Crippen LogP contribution in [0.15, 0.2) is 52.2 Å². The number of hydrogen-bond acceptors (Lipinski definition) is 7. The van der Waals surface area contributed by atoms with Crippen molar-refractivity contribution in [2.75, 3.05) is 19.6 Å². The molecular weight excluding hydrogens is 426 g/mol. The van der Waals surface area contributed by atoms with Crippen molar-refractivity contribution in [3.8, 4) is 11.4 Å². The second-order valence-corrected chi connectivity index (χ2v) is 7.51. The van der Waals surface area contributed by atoms with Crippen LogP contribution >= 0.6 is 0 Å². The van der Waals surface area contributed by atoms with Crippen LogP contribution in [0.5, 0.6) is 0 Å². The van der Waals surface area contributed by atoms with E-state index in [0.717, 1.165) is 6.42 Å². The van der Waals surface area contributed by atoms with Crippen LogP contribution in [0, 0.1) is 6.92 Å². The third-order valence-electron chi connectivity index (χ3n) is 5.00. The van der Waals surface area contributed by atoms with Gasteiger partial charge >= 0.3 is 0 Å². The third-order valence-corrected chi connectivity index (χ3v) is 5.00. The number of hydrogen-bond donors (Lipinski definition) is 2. The van der Waals surface area contributed by atoms with Crippen molar-refractivity contribution in [2.24, 2.45) is 0 Å². The lowest BCUT2D eigenvalue weighted by Gasteiger charge is -2.22. The van der Waals surface area contributed by atoms with Crippen molar-refractivity contribution >= 4 is 17.3 Å². The zero-order chi connectivity index (χ0) is 23.4. The Morgan fingerprint density at radius 1 is 1.24 bits per heavy atom. The predicted molar refractivity (Wildman–Crippen MR) is 119 cm³/mol. The number of aromatic nitrogens is 5. The van der Waals surface area contributed by atoms with Crippen LogP contribution < -0.4 is 10.9 Å². The Labute approximate surface area is 188 Å². The van der Waals surface area contributed by atoms with Gasteiger partial charge in [0.1, 0.15) is 5.52 Å². The number of nitrogens with zero attached hydrogens (tertiary/aromatic N) is 5. The molecule has 0 saturated heterocycles. The van der Waals surface area contributed by atoms with E-state index in [-0.39, 0.29) is 29.2 Å². The lowest BCUT2D eigenvalue weighted by Crippen LogP contribution is -2.39. The highest BCUT2D eigenvalue weighted by Crippen LogP contribution is 2.17. The summed E-state index contributed by atoms with van der Waals surface area (Å²) in [5.41, 5.74) is 1.91. The van der Waals surface area contributed by atoms with Gasteiger partial charge < -0.3 is 19.7 Å². The smallest absolute Gasteiger partial charge is 0.274 e. The molecule has 0 atom stereocenters. The summed E-state index contributed by atoms with van der Waals surface area (Å²) >= 11 is 0. The molecule has 0 saturated carbocycles. The lowest BCUT2D eigenvalue weighted by atomic mass is 10.1. The zero-order valence-corrected chi connectivity index (χ0v) is 18.2. The van der Waals surface area contributed by atoms with Crippen LogP contribution in [0.1, 0.15) is 39.9 Å². The Bertz CT molecular complexity index is 1340. The van der Waals surface area contributed by atoms with Crippen molar-refractivity contribution in [1.82, 2.24) is 35.0 Å². The monoisotopic (exact) mass is 449 g/mol. The summed E-state index contributed by atoms with van der Waals surface area (Å²) < 4.78 is 6.16. The second-order valence-electron chi connectivity index (χ2n) is 7.51. The highest BCUT2D eigenvalue weighted by atomic mass is 16.5. The summed E-state index contributed by atoms with van der Waals surface area (Å²) in [5, 5.41) is 10.7. The molecule has 2 amide bonds. The number of aryl methyl sites for hydroxylation is 1. The van der Waals surface area contributed by atoms with E-state index in [4.69, 9.17) is 4.52 Å². The minimum absolute atomic E-state index is 0.132. The van der Waals surface area contributed by atoms with E-state index in [1.807, 2.05) is 6.92 Å². The fourth-order valence-electron chi connectivity index (χ4n) is 3.48. The number of H-pyrrole nitrogens is 1. The minimum Gasteiger partial charge on any atom is -0.349 e. The molecule has 0 aliphatic carbocycles. The van der Waals surface area contributed by atoms with Gasteiger partial charge in [0.15, 0.2) is 5.69 Å². The highest BCUT2D eigenvalue weighted by Gasteiger charge is 2.18. The van der Waals surface area contributed by atoms with Gasteiger partial charge in [-0.1, -0.05) is 24.2 Å². The first-order valence-electron chi connectivity index (χ1n) is 10.5. The molecule has 2 N–H and O–H groups in total. The van der Waals surface area contributed by atoms with Gasteiger partial charge in [0.05, 0.1) is 0 Å². The number of carbonyl (C=O) groups is 2. The predicted octanol–water partition coefficient (Wildman–Crippen LogP) is 1.66. The molecule has 0 bridgehead atoms. The molecule has 0 fully saturated rings. The molecule has 11 heteroatoms. The van der Waals surface area contributed by atoms with E-state index in [0.29, 0.717) is 35.7 Å². The summed E-state index contributed by atoms with van der Waals surface area (Å²) in [5.74, 6) is -0.176. The maximum absolute atomic E-state index is 13.1. The van der Waals surface area contributed by atoms with Crippen molar-refractivity contribution in [1.29, 1.82) is 0 Å². The molecule has 0 spiro atoms. The molecule has 3 heterocycles. The van der Waals surface area contributed by atoms with Gasteiger partial charge in [-0.25, -0.2) is 4.52 Å². The molecule has 170 valence electrons. The molecule has 3 aromatic heterocycles. The summed E-state index contributed by atoms with van der Waals surface area (Å²) in [4.78, 5) is 46.0. The summed E-state index contributed by atoms with van der Waals surface area (Å²) in [7, 11) is 0. The van der Waals surface area contributed by atoms with E-state index in [2.05, 4.69) is 25.5 Å². The molecule has 11 nitrogen and oxygen atoms in total. The maximum atomic E-state index is 13.1.